The highest BCUT2D eigenvalue weighted by atomic mass is 16.5. The molecule has 0 aliphatic rings. The molecule has 90 valence electrons. The molecule has 0 aromatic carbocycles. The highest BCUT2D eigenvalue weighted by molar-refractivity contribution is 5.78. The van der Waals surface area contributed by atoms with Crippen molar-refractivity contribution in [3.8, 4) is 0 Å². The van der Waals surface area contributed by atoms with Crippen molar-refractivity contribution in [1.82, 2.24) is 10.6 Å². The van der Waals surface area contributed by atoms with Crippen molar-refractivity contribution in [3.05, 3.63) is 0 Å². The molecule has 0 aromatic rings. The molecule has 0 fully saturated rings. The summed E-state index contributed by atoms with van der Waals surface area (Å²) in [5, 5.41) is 6.05. The van der Waals surface area contributed by atoms with Crippen LogP contribution in [0.4, 0.5) is 0 Å². The number of hydrogen-bond acceptors (Lipinski definition) is 3. The van der Waals surface area contributed by atoms with Crippen LogP contribution in [0.15, 0.2) is 0 Å². The molecular weight excluding hydrogens is 192 g/mol. The molecule has 0 bridgehead atoms. The van der Waals surface area contributed by atoms with Crippen LogP contribution in [0, 0.1) is 0 Å². The Morgan fingerprint density at radius 3 is 2.53 bits per heavy atom. The lowest BCUT2D eigenvalue weighted by molar-refractivity contribution is -0.122. The van der Waals surface area contributed by atoms with E-state index < -0.39 is 0 Å². The van der Waals surface area contributed by atoms with Gasteiger partial charge in [0.15, 0.2) is 0 Å². The summed E-state index contributed by atoms with van der Waals surface area (Å²) in [5.41, 5.74) is -0.303. The summed E-state index contributed by atoms with van der Waals surface area (Å²) in [7, 11) is 1.63. The fourth-order valence-electron chi connectivity index (χ4n) is 1.23. The van der Waals surface area contributed by atoms with Gasteiger partial charge in [-0.2, -0.15) is 0 Å². The number of carbonyl (C=O) groups is 1. The first-order valence-electron chi connectivity index (χ1n) is 5.44. The van der Waals surface area contributed by atoms with E-state index in [-0.39, 0.29) is 11.4 Å². The van der Waals surface area contributed by atoms with Crippen LogP contribution in [0.2, 0.25) is 0 Å². The Morgan fingerprint density at radius 2 is 2.07 bits per heavy atom. The topological polar surface area (TPSA) is 50.4 Å². The van der Waals surface area contributed by atoms with Gasteiger partial charge >= 0.3 is 0 Å². The average molecular weight is 216 g/mol. The smallest absolute Gasteiger partial charge is 0.234 e. The monoisotopic (exact) mass is 216 g/mol. The van der Waals surface area contributed by atoms with Crippen LogP contribution < -0.4 is 10.6 Å². The van der Waals surface area contributed by atoms with Crippen LogP contribution in [0.5, 0.6) is 0 Å². The van der Waals surface area contributed by atoms with Crippen LogP contribution in [0.3, 0.4) is 0 Å². The van der Waals surface area contributed by atoms with Gasteiger partial charge in [-0.05, 0) is 27.2 Å². The van der Waals surface area contributed by atoms with Gasteiger partial charge < -0.3 is 15.4 Å². The minimum absolute atomic E-state index is 0.0114. The van der Waals surface area contributed by atoms with Crippen LogP contribution in [-0.4, -0.2) is 37.7 Å². The fraction of sp³-hybridized carbons (Fsp3) is 0.909. The number of hydrogen-bond donors (Lipinski definition) is 2. The molecule has 0 saturated heterocycles. The summed E-state index contributed by atoms with van der Waals surface area (Å²) in [5.74, 6) is 0.0114. The third-order valence-electron chi connectivity index (χ3n) is 2.21. The van der Waals surface area contributed by atoms with Gasteiger partial charge in [-0.15, -0.1) is 0 Å². The van der Waals surface area contributed by atoms with Crippen molar-refractivity contribution in [2.75, 3.05) is 20.3 Å². The lowest BCUT2D eigenvalue weighted by atomic mass is 10.1. The van der Waals surface area contributed by atoms with E-state index in [9.17, 15) is 4.79 Å². The largest absolute Gasteiger partial charge is 0.382 e. The fourth-order valence-corrected chi connectivity index (χ4v) is 1.23. The molecule has 15 heavy (non-hydrogen) atoms. The maximum atomic E-state index is 11.5. The van der Waals surface area contributed by atoms with Crippen LogP contribution in [-0.2, 0) is 9.53 Å². The SMILES string of the molecule is CCC(C)NCC(=O)NC(C)(C)COC. The number of methoxy groups -OCH3 is 1. The molecule has 0 aliphatic carbocycles. The molecule has 1 atom stereocenters. The predicted octanol–water partition coefficient (Wildman–Crippen LogP) is 0.916. The summed E-state index contributed by atoms with van der Waals surface area (Å²) in [6, 6.07) is 0.376. The van der Waals surface area contributed by atoms with E-state index >= 15 is 0 Å². The zero-order chi connectivity index (χ0) is 11.9. The lowest BCUT2D eigenvalue weighted by Crippen LogP contribution is -2.50. The Morgan fingerprint density at radius 1 is 1.47 bits per heavy atom. The zero-order valence-electron chi connectivity index (χ0n) is 10.5. The van der Waals surface area contributed by atoms with Gasteiger partial charge in [0.05, 0.1) is 18.7 Å². The van der Waals surface area contributed by atoms with Crippen molar-refractivity contribution in [3.63, 3.8) is 0 Å². The molecule has 0 heterocycles. The lowest BCUT2D eigenvalue weighted by Gasteiger charge is -2.25. The number of amides is 1. The highest BCUT2D eigenvalue weighted by Crippen LogP contribution is 2.01. The van der Waals surface area contributed by atoms with E-state index in [1.165, 1.54) is 0 Å². The van der Waals surface area contributed by atoms with Gasteiger partial charge in [0.1, 0.15) is 0 Å². The Hall–Kier alpha value is -0.610. The Bertz CT molecular complexity index is 193. The molecule has 1 unspecified atom stereocenters. The van der Waals surface area contributed by atoms with E-state index in [1.807, 2.05) is 13.8 Å². The second kappa shape index (κ2) is 6.80. The van der Waals surface area contributed by atoms with Crippen molar-refractivity contribution in [2.45, 2.75) is 45.7 Å². The summed E-state index contributed by atoms with van der Waals surface area (Å²) in [4.78, 5) is 11.5. The van der Waals surface area contributed by atoms with E-state index in [4.69, 9.17) is 4.74 Å². The number of rotatable bonds is 7. The van der Waals surface area contributed by atoms with Gasteiger partial charge in [-0.3, -0.25) is 4.79 Å². The second-order valence-electron chi connectivity index (χ2n) is 4.56. The van der Waals surface area contributed by atoms with Crippen molar-refractivity contribution < 1.29 is 9.53 Å². The summed E-state index contributed by atoms with van der Waals surface area (Å²) < 4.78 is 5.02. The second-order valence-corrected chi connectivity index (χ2v) is 4.56. The Labute approximate surface area is 92.8 Å². The quantitative estimate of drug-likeness (QED) is 0.665. The van der Waals surface area contributed by atoms with E-state index in [0.29, 0.717) is 19.2 Å². The molecule has 2 N–H and O–H groups in total. The highest BCUT2D eigenvalue weighted by Gasteiger charge is 2.19. The first-order chi connectivity index (χ1) is 6.91. The first-order valence-corrected chi connectivity index (χ1v) is 5.44. The van der Waals surface area contributed by atoms with Crippen LogP contribution >= 0.6 is 0 Å². The number of nitrogens with one attached hydrogen (secondary N) is 2. The summed E-state index contributed by atoms with van der Waals surface area (Å²) in [6.45, 7) is 8.91. The average Bonchev–Trinajstić information content (AvgIpc) is 2.13. The van der Waals surface area contributed by atoms with Crippen LogP contribution in [0.1, 0.15) is 34.1 Å². The number of ether oxygens (including phenoxy) is 1. The molecular formula is C11H24N2O2. The van der Waals surface area contributed by atoms with E-state index in [1.54, 1.807) is 7.11 Å². The molecule has 0 aromatic heterocycles. The summed E-state index contributed by atoms with van der Waals surface area (Å²) >= 11 is 0. The minimum Gasteiger partial charge on any atom is -0.382 e. The maximum Gasteiger partial charge on any atom is 0.234 e. The molecule has 4 nitrogen and oxygen atoms in total. The van der Waals surface area contributed by atoms with Crippen molar-refractivity contribution >= 4 is 5.91 Å². The molecule has 0 saturated carbocycles. The van der Waals surface area contributed by atoms with Crippen molar-refractivity contribution in [1.29, 1.82) is 0 Å². The molecule has 0 rings (SSSR count). The van der Waals surface area contributed by atoms with Gasteiger partial charge in [-0.25, -0.2) is 0 Å². The Balaban J connectivity index is 3.82. The standard InChI is InChI=1S/C11H24N2O2/c1-6-9(2)12-7-10(14)13-11(3,4)8-15-5/h9,12H,6-8H2,1-5H3,(H,13,14). The van der Waals surface area contributed by atoms with E-state index in [2.05, 4.69) is 24.5 Å². The molecule has 4 heteroatoms. The molecule has 0 aliphatic heterocycles. The Kier molecular flexibility index (Phi) is 6.52. The first kappa shape index (κ1) is 14.4. The van der Waals surface area contributed by atoms with E-state index in [0.717, 1.165) is 6.42 Å². The minimum atomic E-state index is -0.303. The zero-order valence-corrected chi connectivity index (χ0v) is 10.5. The van der Waals surface area contributed by atoms with Gasteiger partial charge in [-0.1, -0.05) is 6.92 Å². The van der Waals surface area contributed by atoms with Gasteiger partial charge in [0.2, 0.25) is 5.91 Å². The number of carbonyl (C=O) groups excluding carboxylic acids is 1. The van der Waals surface area contributed by atoms with Gasteiger partial charge in [0, 0.05) is 13.2 Å². The van der Waals surface area contributed by atoms with Crippen LogP contribution in [0.25, 0.3) is 0 Å². The predicted molar refractivity (Wildman–Crippen MR) is 61.9 cm³/mol. The summed E-state index contributed by atoms with van der Waals surface area (Å²) in [6.07, 6.45) is 1.02. The third-order valence-corrected chi connectivity index (χ3v) is 2.21. The normalized spacial score (nSPS) is 13.7. The van der Waals surface area contributed by atoms with Crippen molar-refractivity contribution in [2.24, 2.45) is 0 Å². The maximum absolute atomic E-state index is 11.5. The molecule has 0 radical (unpaired) electrons. The third kappa shape index (κ3) is 7.33. The van der Waals surface area contributed by atoms with Gasteiger partial charge in [0.25, 0.3) is 0 Å². The molecule has 0 spiro atoms. The molecule has 1 amide bonds.